The fraction of sp³-hybridized carbons (Fsp3) is 0.400. The van der Waals surface area contributed by atoms with E-state index in [1.807, 2.05) is 6.08 Å². The van der Waals surface area contributed by atoms with Crippen LogP contribution in [0.15, 0.2) is 43.0 Å². The van der Waals surface area contributed by atoms with Crippen LogP contribution in [0.5, 0.6) is 0 Å². The molecular weight excluding hydrogens is 254 g/mol. The molecule has 0 aliphatic heterocycles. The smallest absolute Gasteiger partial charge is 0.0240 e. The molecule has 1 aromatic rings. The SMILES string of the molecule is C=C(C)c1ccccc1CN(C)CC=CC#CC(C)(C)C. The van der Waals surface area contributed by atoms with E-state index in [0.717, 1.165) is 18.7 Å². The van der Waals surface area contributed by atoms with E-state index >= 15 is 0 Å². The molecule has 112 valence electrons. The van der Waals surface area contributed by atoms with Gasteiger partial charge in [-0.25, -0.2) is 0 Å². The Morgan fingerprint density at radius 2 is 1.95 bits per heavy atom. The van der Waals surface area contributed by atoms with Gasteiger partial charge in [-0.05, 0) is 51.9 Å². The Labute approximate surface area is 130 Å². The monoisotopic (exact) mass is 281 g/mol. The molecule has 1 aromatic carbocycles. The summed E-state index contributed by atoms with van der Waals surface area (Å²) in [5.41, 5.74) is 3.75. The number of hydrogen-bond acceptors (Lipinski definition) is 1. The first-order chi connectivity index (χ1) is 9.79. The number of hydrogen-bond donors (Lipinski definition) is 0. The molecule has 0 aliphatic rings. The van der Waals surface area contributed by atoms with Gasteiger partial charge in [0, 0.05) is 18.5 Å². The van der Waals surface area contributed by atoms with Crippen molar-refractivity contribution in [2.24, 2.45) is 5.41 Å². The molecule has 0 unspecified atom stereocenters. The summed E-state index contributed by atoms with van der Waals surface area (Å²) in [4.78, 5) is 2.27. The average Bonchev–Trinajstić information content (AvgIpc) is 2.37. The minimum atomic E-state index is 0.0661. The van der Waals surface area contributed by atoms with Crippen molar-refractivity contribution in [2.45, 2.75) is 34.2 Å². The molecule has 0 bridgehead atoms. The third-order valence-corrected chi connectivity index (χ3v) is 2.98. The Morgan fingerprint density at radius 3 is 2.57 bits per heavy atom. The van der Waals surface area contributed by atoms with Crippen LogP contribution in [0.3, 0.4) is 0 Å². The highest BCUT2D eigenvalue weighted by Gasteiger charge is 2.05. The second kappa shape index (κ2) is 7.86. The Bertz CT molecular complexity index is 561. The number of rotatable bonds is 5. The van der Waals surface area contributed by atoms with E-state index in [4.69, 9.17) is 0 Å². The Hall–Kier alpha value is -1.78. The van der Waals surface area contributed by atoms with Crippen LogP contribution < -0.4 is 0 Å². The van der Waals surface area contributed by atoms with Crippen LogP contribution in [-0.4, -0.2) is 18.5 Å². The van der Waals surface area contributed by atoms with Crippen molar-refractivity contribution >= 4 is 5.57 Å². The number of allylic oxidation sites excluding steroid dienone is 2. The molecule has 0 aliphatic carbocycles. The van der Waals surface area contributed by atoms with E-state index in [2.05, 4.69) is 88.4 Å². The zero-order valence-corrected chi connectivity index (χ0v) is 14.0. The Kier molecular flexibility index (Phi) is 6.46. The fourth-order valence-electron chi connectivity index (χ4n) is 1.98. The van der Waals surface area contributed by atoms with E-state index < -0.39 is 0 Å². The first-order valence-electron chi connectivity index (χ1n) is 7.39. The van der Waals surface area contributed by atoms with Crippen LogP contribution in [0.25, 0.3) is 5.57 Å². The molecule has 0 amide bonds. The van der Waals surface area contributed by atoms with E-state index in [1.165, 1.54) is 11.1 Å². The van der Waals surface area contributed by atoms with Crippen LogP contribution >= 0.6 is 0 Å². The van der Waals surface area contributed by atoms with Crippen LogP contribution in [0, 0.1) is 17.3 Å². The van der Waals surface area contributed by atoms with Crippen molar-refractivity contribution in [1.29, 1.82) is 0 Å². The molecule has 0 fully saturated rings. The maximum Gasteiger partial charge on any atom is 0.0240 e. The molecule has 0 heterocycles. The molecule has 1 nitrogen and oxygen atoms in total. The van der Waals surface area contributed by atoms with E-state index in [1.54, 1.807) is 0 Å². The summed E-state index contributed by atoms with van der Waals surface area (Å²) >= 11 is 0. The molecule has 0 saturated heterocycles. The van der Waals surface area contributed by atoms with Gasteiger partial charge in [0.2, 0.25) is 0 Å². The lowest BCUT2D eigenvalue weighted by Crippen LogP contribution is -2.18. The van der Waals surface area contributed by atoms with Crippen LogP contribution in [0.2, 0.25) is 0 Å². The molecule has 1 rings (SSSR count). The van der Waals surface area contributed by atoms with Gasteiger partial charge in [0.05, 0.1) is 0 Å². The minimum Gasteiger partial charge on any atom is -0.298 e. The van der Waals surface area contributed by atoms with Gasteiger partial charge >= 0.3 is 0 Å². The highest BCUT2D eigenvalue weighted by Crippen LogP contribution is 2.18. The number of nitrogens with zero attached hydrogens (tertiary/aromatic N) is 1. The summed E-state index contributed by atoms with van der Waals surface area (Å²) in [5, 5.41) is 0. The summed E-state index contributed by atoms with van der Waals surface area (Å²) < 4.78 is 0. The fourth-order valence-corrected chi connectivity index (χ4v) is 1.98. The summed E-state index contributed by atoms with van der Waals surface area (Å²) in [6.45, 7) is 14.3. The predicted molar refractivity (Wildman–Crippen MR) is 93.9 cm³/mol. The Balaban J connectivity index is 2.58. The molecule has 0 atom stereocenters. The Morgan fingerprint density at radius 1 is 1.29 bits per heavy atom. The number of likely N-dealkylation sites (N-methyl/N-ethyl adjacent to an activating group) is 1. The van der Waals surface area contributed by atoms with Gasteiger partial charge in [-0.3, -0.25) is 4.90 Å². The van der Waals surface area contributed by atoms with Gasteiger partial charge in [0.15, 0.2) is 0 Å². The lowest BCUT2D eigenvalue weighted by Gasteiger charge is -2.17. The highest BCUT2D eigenvalue weighted by atomic mass is 15.1. The molecule has 1 heteroatoms. The van der Waals surface area contributed by atoms with Gasteiger partial charge in [-0.15, -0.1) is 0 Å². The molecular formula is C20H27N. The third kappa shape index (κ3) is 6.97. The van der Waals surface area contributed by atoms with Crippen molar-refractivity contribution in [3.63, 3.8) is 0 Å². The second-order valence-electron chi connectivity index (χ2n) is 6.56. The van der Waals surface area contributed by atoms with Crippen molar-refractivity contribution < 1.29 is 0 Å². The predicted octanol–water partition coefficient (Wildman–Crippen LogP) is 4.76. The maximum atomic E-state index is 4.05. The van der Waals surface area contributed by atoms with E-state index in [9.17, 15) is 0 Å². The van der Waals surface area contributed by atoms with Crippen LogP contribution in [0.1, 0.15) is 38.8 Å². The molecule has 0 saturated carbocycles. The maximum absolute atomic E-state index is 4.05. The van der Waals surface area contributed by atoms with E-state index in [-0.39, 0.29) is 5.41 Å². The van der Waals surface area contributed by atoms with E-state index in [0.29, 0.717) is 0 Å². The van der Waals surface area contributed by atoms with Gasteiger partial charge < -0.3 is 0 Å². The van der Waals surface area contributed by atoms with Crippen molar-refractivity contribution in [1.82, 2.24) is 4.90 Å². The highest BCUT2D eigenvalue weighted by molar-refractivity contribution is 5.64. The second-order valence-corrected chi connectivity index (χ2v) is 6.56. The topological polar surface area (TPSA) is 3.24 Å². The van der Waals surface area contributed by atoms with Crippen molar-refractivity contribution in [3.8, 4) is 11.8 Å². The molecule has 0 spiro atoms. The van der Waals surface area contributed by atoms with Crippen LogP contribution in [0.4, 0.5) is 0 Å². The van der Waals surface area contributed by atoms with Crippen molar-refractivity contribution in [2.75, 3.05) is 13.6 Å². The summed E-state index contributed by atoms with van der Waals surface area (Å²) in [6, 6.07) is 8.45. The first-order valence-corrected chi connectivity index (χ1v) is 7.39. The lowest BCUT2D eigenvalue weighted by atomic mass is 9.98. The molecule has 0 N–H and O–H groups in total. The zero-order chi connectivity index (χ0) is 15.9. The summed E-state index contributed by atoms with van der Waals surface area (Å²) in [7, 11) is 2.12. The normalized spacial score (nSPS) is 11.5. The lowest BCUT2D eigenvalue weighted by molar-refractivity contribution is 0.363. The van der Waals surface area contributed by atoms with Gasteiger partial charge in [0.1, 0.15) is 0 Å². The summed E-state index contributed by atoms with van der Waals surface area (Å²) in [6.07, 6.45) is 4.06. The quantitative estimate of drug-likeness (QED) is 0.704. The van der Waals surface area contributed by atoms with Gasteiger partial charge in [0.25, 0.3) is 0 Å². The third-order valence-electron chi connectivity index (χ3n) is 2.98. The average molecular weight is 281 g/mol. The number of benzene rings is 1. The molecule has 0 aromatic heterocycles. The molecule has 21 heavy (non-hydrogen) atoms. The molecule has 0 radical (unpaired) electrons. The largest absolute Gasteiger partial charge is 0.298 e. The van der Waals surface area contributed by atoms with Crippen LogP contribution in [-0.2, 0) is 6.54 Å². The minimum absolute atomic E-state index is 0.0661. The van der Waals surface area contributed by atoms with Crippen molar-refractivity contribution in [3.05, 3.63) is 54.1 Å². The standard InChI is InChI=1S/C20H27N/c1-17(2)19-13-9-8-12-18(19)16-21(6)15-11-7-10-14-20(3,4)5/h7-9,11-13H,1,15-16H2,2-6H3. The van der Waals surface area contributed by atoms with Gasteiger partial charge in [-0.1, -0.05) is 54.3 Å². The first kappa shape index (κ1) is 17.3. The zero-order valence-electron chi connectivity index (χ0n) is 14.0. The van der Waals surface area contributed by atoms with Gasteiger partial charge in [-0.2, -0.15) is 0 Å². The summed E-state index contributed by atoms with van der Waals surface area (Å²) in [5.74, 6) is 6.31.